The Kier molecular flexibility index (Phi) is 4.33. The number of aromatic nitrogens is 1. The first-order valence-electron chi connectivity index (χ1n) is 8.46. The van der Waals surface area contributed by atoms with Crippen LogP contribution in [0.2, 0.25) is 0 Å². The maximum Gasteiger partial charge on any atom is 0.326 e. The summed E-state index contributed by atoms with van der Waals surface area (Å²) in [7, 11) is 0. The summed E-state index contributed by atoms with van der Waals surface area (Å²) in [4.78, 5) is 29.2. The van der Waals surface area contributed by atoms with Crippen molar-refractivity contribution in [2.45, 2.75) is 13.0 Å². The van der Waals surface area contributed by atoms with Gasteiger partial charge in [0.25, 0.3) is 5.91 Å². The number of nitrogens with zero attached hydrogens (tertiary/aromatic N) is 2. The van der Waals surface area contributed by atoms with Gasteiger partial charge >= 0.3 is 5.97 Å². The molecule has 1 unspecified atom stereocenters. The lowest BCUT2D eigenvalue weighted by Gasteiger charge is -2.10. The van der Waals surface area contributed by atoms with Crippen LogP contribution < -0.4 is 4.80 Å². The number of carbonyl (C=O) groups excluding carboxylic acids is 1. The van der Waals surface area contributed by atoms with E-state index in [1.807, 2.05) is 60.7 Å². The van der Waals surface area contributed by atoms with E-state index in [9.17, 15) is 14.7 Å². The number of thiazole rings is 1. The SMILES string of the molecule is CC(C(=O)O)n1c(=NC(=O)c2cccc3ccccc23)sc2ccccc21. The Morgan fingerprint density at radius 3 is 2.52 bits per heavy atom. The number of carbonyl (C=O) groups is 2. The van der Waals surface area contributed by atoms with Crippen molar-refractivity contribution in [1.82, 2.24) is 4.57 Å². The molecule has 27 heavy (non-hydrogen) atoms. The van der Waals surface area contributed by atoms with Gasteiger partial charge in [-0.15, -0.1) is 0 Å². The Labute approximate surface area is 158 Å². The minimum Gasteiger partial charge on any atom is -0.480 e. The van der Waals surface area contributed by atoms with Crippen molar-refractivity contribution in [3.05, 3.63) is 77.1 Å². The maximum absolute atomic E-state index is 12.9. The second-order valence-corrected chi connectivity index (χ2v) is 7.19. The second kappa shape index (κ2) is 6.81. The molecular weight excluding hydrogens is 360 g/mol. The van der Waals surface area contributed by atoms with Crippen molar-refractivity contribution in [3.63, 3.8) is 0 Å². The average molecular weight is 376 g/mol. The highest BCUT2D eigenvalue weighted by atomic mass is 32.1. The third kappa shape index (κ3) is 3.04. The molecule has 1 N–H and O–H groups in total. The van der Waals surface area contributed by atoms with E-state index in [4.69, 9.17) is 0 Å². The molecule has 6 heteroatoms. The van der Waals surface area contributed by atoms with Crippen LogP contribution in [-0.2, 0) is 4.79 Å². The summed E-state index contributed by atoms with van der Waals surface area (Å²) in [6, 6.07) is 19.8. The zero-order chi connectivity index (χ0) is 19.0. The van der Waals surface area contributed by atoms with E-state index < -0.39 is 12.0 Å². The van der Waals surface area contributed by atoms with E-state index in [0.29, 0.717) is 10.4 Å². The van der Waals surface area contributed by atoms with Crippen molar-refractivity contribution in [2.75, 3.05) is 0 Å². The number of carboxylic acid groups (broad SMARTS) is 1. The van der Waals surface area contributed by atoms with Gasteiger partial charge in [0, 0.05) is 5.56 Å². The van der Waals surface area contributed by atoms with E-state index in [2.05, 4.69) is 4.99 Å². The number of hydrogen-bond donors (Lipinski definition) is 1. The van der Waals surface area contributed by atoms with Crippen molar-refractivity contribution in [2.24, 2.45) is 4.99 Å². The van der Waals surface area contributed by atoms with E-state index in [1.165, 1.54) is 11.3 Å². The lowest BCUT2D eigenvalue weighted by atomic mass is 10.0. The highest BCUT2D eigenvalue weighted by Gasteiger charge is 2.19. The van der Waals surface area contributed by atoms with Crippen LogP contribution in [0.4, 0.5) is 0 Å². The Bertz CT molecular complexity index is 1250. The number of rotatable bonds is 3. The number of amides is 1. The largest absolute Gasteiger partial charge is 0.480 e. The fourth-order valence-electron chi connectivity index (χ4n) is 3.11. The molecule has 0 aliphatic rings. The predicted molar refractivity (Wildman–Crippen MR) is 106 cm³/mol. The van der Waals surface area contributed by atoms with Crippen LogP contribution in [0.15, 0.2) is 71.7 Å². The molecule has 0 spiro atoms. The molecule has 4 aromatic rings. The van der Waals surface area contributed by atoms with Crippen LogP contribution in [0.1, 0.15) is 23.3 Å². The van der Waals surface area contributed by atoms with Crippen molar-refractivity contribution < 1.29 is 14.7 Å². The number of carboxylic acids is 1. The Hall–Kier alpha value is -3.25. The standard InChI is InChI=1S/C21H16N2O3S/c1-13(20(25)26)23-17-11-4-5-12-18(17)27-21(23)22-19(24)16-10-6-8-14-7-2-3-9-15(14)16/h2-13H,1H3,(H,25,26). The zero-order valence-electron chi connectivity index (χ0n) is 14.5. The molecule has 0 radical (unpaired) electrons. The average Bonchev–Trinajstić information content (AvgIpc) is 3.04. The highest BCUT2D eigenvalue weighted by molar-refractivity contribution is 7.16. The van der Waals surface area contributed by atoms with Crippen LogP contribution in [-0.4, -0.2) is 21.6 Å². The number of fused-ring (bicyclic) bond motifs is 2. The summed E-state index contributed by atoms with van der Waals surface area (Å²) in [5.74, 6) is -1.36. The number of para-hydroxylation sites is 1. The van der Waals surface area contributed by atoms with Gasteiger partial charge < -0.3 is 9.67 Å². The topological polar surface area (TPSA) is 71.7 Å². The Morgan fingerprint density at radius 2 is 1.70 bits per heavy atom. The van der Waals surface area contributed by atoms with Crippen LogP contribution in [0.3, 0.4) is 0 Å². The van der Waals surface area contributed by atoms with Crippen molar-refractivity contribution >= 4 is 44.2 Å². The second-order valence-electron chi connectivity index (χ2n) is 6.18. The van der Waals surface area contributed by atoms with Crippen LogP contribution in [0.25, 0.3) is 21.0 Å². The molecule has 0 saturated heterocycles. The quantitative estimate of drug-likeness (QED) is 0.581. The van der Waals surface area contributed by atoms with Gasteiger partial charge in [-0.1, -0.05) is 59.9 Å². The fourth-order valence-corrected chi connectivity index (χ4v) is 4.21. The molecule has 0 bridgehead atoms. The summed E-state index contributed by atoms with van der Waals surface area (Å²) in [6.45, 7) is 1.59. The summed E-state index contributed by atoms with van der Waals surface area (Å²) < 4.78 is 2.49. The predicted octanol–water partition coefficient (Wildman–Crippen LogP) is 4.24. The maximum atomic E-state index is 12.9. The van der Waals surface area contributed by atoms with E-state index >= 15 is 0 Å². The van der Waals surface area contributed by atoms with Gasteiger partial charge in [-0.2, -0.15) is 4.99 Å². The van der Waals surface area contributed by atoms with Crippen LogP contribution >= 0.6 is 11.3 Å². The molecule has 0 fully saturated rings. The van der Waals surface area contributed by atoms with Gasteiger partial charge in [0.15, 0.2) is 4.80 Å². The smallest absolute Gasteiger partial charge is 0.326 e. The molecule has 5 nitrogen and oxygen atoms in total. The first-order valence-corrected chi connectivity index (χ1v) is 9.27. The molecule has 1 heterocycles. The monoisotopic (exact) mass is 376 g/mol. The third-order valence-corrected chi connectivity index (χ3v) is 5.53. The molecule has 1 amide bonds. The molecule has 0 aliphatic carbocycles. The highest BCUT2D eigenvalue weighted by Crippen LogP contribution is 2.22. The molecule has 0 saturated carbocycles. The van der Waals surface area contributed by atoms with Gasteiger partial charge in [0.05, 0.1) is 10.2 Å². The molecule has 0 aliphatic heterocycles. The molecule has 1 aromatic heterocycles. The van der Waals surface area contributed by atoms with Crippen molar-refractivity contribution in [3.8, 4) is 0 Å². The summed E-state index contributed by atoms with van der Waals surface area (Å²) >= 11 is 1.31. The molecule has 4 rings (SSSR count). The lowest BCUT2D eigenvalue weighted by molar-refractivity contribution is -0.140. The van der Waals surface area contributed by atoms with E-state index in [1.54, 1.807) is 17.6 Å². The Balaban J connectivity index is 1.93. The van der Waals surface area contributed by atoms with Gasteiger partial charge in [-0.25, -0.2) is 4.79 Å². The van der Waals surface area contributed by atoms with Gasteiger partial charge in [-0.3, -0.25) is 4.79 Å². The van der Waals surface area contributed by atoms with Crippen LogP contribution in [0, 0.1) is 0 Å². The first kappa shape index (κ1) is 17.2. The Morgan fingerprint density at radius 1 is 1.00 bits per heavy atom. The third-order valence-electron chi connectivity index (χ3n) is 4.49. The fraction of sp³-hybridized carbons (Fsp3) is 0.0952. The number of hydrogen-bond acceptors (Lipinski definition) is 3. The minimum atomic E-state index is -0.974. The van der Waals surface area contributed by atoms with Crippen molar-refractivity contribution in [1.29, 1.82) is 0 Å². The minimum absolute atomic E-state index is 0.379. The number of benzene rings is 3. The molecule has 1 atom stereocenters. The first-order chi connectivity index (χ1) is 13.1. The van der Waals surface area contributed by atoms with Gasteiger partial charge in [0.2, 0.25) is 0 Å². The van der Waals surface area contributed by atoms with Gasteiger partial charge in [-0.05, 0) is 35.9 Å². The molecule has 3 aromatic carbocycles. The van der Waals surface area contributed by atoms with Crippen LogP contribution in [0.5, 0.6) is 0 Å². The number of aliphatic carboxylic acids is 1. The summed E-state index contributed by atoms with van der Waals surface area (Å²) in [5.41, 5.74) is 1.25. The lowest BCUT2D eigenvalue weighted by Crippen LogP contribution is -2.25. The molecular formula is C21H16N2O3S. The zero-order valence-corrected chi connectivity index (χ0v) is 15.3. The normalized spacial score (nSPS) is 13.1. The van der Waals surface area contributed by atoms with E-state index in [-0.39, 0.29) is 5.91 Å². The summed E-state index contributed by atoms with van der Waals surface area (Å²) in [6.07, 6.45) is 0. The molecule has 134 valence electrons. The summed E-state index contributed by atoms with van der Waals surface area (Å²) in [5, 5.41) is 11.3. The van der Waals surface area contributed by atoms with Gasteiger partial charge in [0.1, 0.15) is 6.04 Å². The van der Waals surface area contributed by atoms with E-state index in [0.717, 1.165) is 21.0 Å².